The Balaban J connectivity index is 2.42. The molecule has 0 saturated carbocycles. The lowest BCUT2D eigenvalue weighted by molar-refractivity contribution is 0.612. The van der Waals surface area contributed by atoms with Gasteiger partial charge in [0.25, 0.3) is 0 Å². The molecule has 0 bridgehead atoms. The molecule has 1 aromatic rings. The lowest BCUT2D eigenvalue weighted by atomic mass is 10.3. The minimum atomic E-state index is -0.755. The normalized spacial score (nSPS) is 15.0. The number of hydrogen-bond donors (Lipinski definition) is 1. The molecular formula is C11H21N3OS. The Morgan fingerprint density at radius 1 is 1.62 bits per heavy atom. The van der Waals surface area contributed by atoms with Gasteiger partial charge in [0.05, 0.1) is 11.4 Å². The molecule has 0 radical (unpaired) electrons. The highest BCUT2D eigenvalue weighted by molar-refractivity contribution is 7.84. The van der Waals surface area contributed by atoms with Crippen molar-refractivity contribution >= 4 is 10.8 Å². The Labute approximate surface area is 99.9 Å². The number of rotatable bonds is 6. The van der Waals surface area contributed by atoms with Gasteiger partial charge in [-0.05, 0) is 19.4 Å². The fourth-order valence-electron chi connectivity index (χ4n) is 1.43. The van der Waals surface area contributed by atoms with Gasteiger partial charge in [0.1, 0.15) is 0 Å². The Bertz CT molecular complexity index is 362. The molecular weight excluding hydrogens is 222 g/mol. The van der Waals surface area contributed by atoms with Crippen LogP contribution in [0, 0.1) is 0 Å². The highest BCUT2D eigenvalue weighted by atomic mass is 32.2. The molecule has 5 heteroatoms. The summed E-state index contributed by atoms with van der Waals surface area (Å²) in [7, 11) is 1.20. The predicted molar refractivity (Wildman–Crippen MR) is 67.8 cm³/mol. The topological polar surface area (TPSA) is 46.9 Å². The first-order valence-corrected chi connectivity index (χ1v) is 7.21. The van der Waals surface area contributed by atoms with Gasteiger partial charge in [-0.2, -0.15) is 5.10 Å². The van der Waals surface area contributed by atoms with Gasteiger partial charge in [0.15, 0.2) is 0 Å². The van der Waals surface area contributed by atoms with Gasteiger partial charge in [0.2, 0.25) is 0 Å². The van der Waals surface area contributed by atoms with Crippen molar-refractivity contribution in [2.45, 2.75) is 32.1 Å². The molecule has 2 unspecified atom stereocenters. The number of aryl methyl sites for hydroxylation is 2. The van der Waals surface area contributed by atoms with Crippen molar-refractivity contribution in [3.05, 3.63) is 17.5 Å². The summed E-state index contributed by atoms with van der Waals surface area (Å²) >= 11 is 0. The van der Waals surface area contributed by atoms with E-state index in [0.29, 0.717) is 0 Å². The Hall–Kier alpha value is -0.680. The minimum absolute atomic E-state index is 0.193. The zero-order valence-corrected chi connectivity index (χ0v) is 11.3. The van der Waals surface area contributed by atoms with Gasteiger partial charge in [-0.15, -0.1) is 0 Å². The summed E-state index contributed by atoms with van der Waals surface area (Å²) in [5.41, 5.74) is 2.29. The number of nitrogens with one attached hydrogen (secondary N) is 1. The summed E-state index contributed by atoms with van der Waals surface area (Å²) in [4.78, 5) is 0. The van der Waals surface area contributed by atoms with E-state index in [1.807, 2.05) is 18.7 Å². The molecule has 1 N–H and O–H groups in total. The van der Waals surface area contributed by atoms with Crippen LogP contribution in [-0.4, -0.2) is 32.0 Å². The fourth-order valence-corrected chi connectivity index (χ4v) is 1.78. The Morgan fingerprint density at radius 2 is 2.31 bits per heavy atom. The van der Waals surface area contributed by atoms with Crippen LogP contribution >= 0.6 is 0 Å². The molecule has 1 aromatic heterocycles. The van der Waals surface area contributed by atoms with Crippen LogP contribution in [0.4, 0.5) is 0 Å². The Kier molecular flexibility index (Phi) is 5.15. The van der Waals surface area contributed by atoms with Crippen molar-refractivity contribution in [3.8, 4) is 0 Å². The summed E-state index contributed by atoms with van der Waals surface area (Å²) in [6, 6.07) is 2.11. The number of aromatic nitrogens is 2. The van der Waals surface area contributed by atoms with Crippen LogP contribution in [0.5, 0.6) is 0 Å². The maximum atomic E-state index is 11.2. The molecule has 1 heterocycles. The smallest absolute Gasteiger partial charge is 0.0625 e. The first-order valence-electron chi connectivity index (χ1n) is 5.59. The SMILES string of the molecule is CCc1cc(CNCC(C)S(C)=O)n(C)n1. The maximum absolute atomic E-state index is 11.2. The quantitative estimate of drug-likeness (QED) is 0.805. The number of nitrogens with zero attached hydrogens (tertiary/aromatic N) is 2. The van der Waals surface area contributed by atoms with E-state index in [4.69, 9.17) is 0 Å². The monoisotopic (exact) mass is 243 g/mol. The van der Waals surface area contributed by atoms with Gasteiger partial charge in [-0.3, -0.25) is 8.89 Å². The number of hydrogen-bond acceptors (Lipinski definition) is 3. The molecule has 0 aromatic carbocycles. The zero-order valence-electron chi connectivity index (χ0n) is 10.5. The van der Waals surface area contributed by atoms with Crippen molar-refractivity contribution in [3.63, 3.8) is 0 Å². The van der Waals surface area contributed by atoms with E-state index in [0.717, 1.165) is 25.2 Å². The lowest BCUT2D eigenvalue weighted by Gasteiger charge is -2.09. The summed E-state index contributed by atoms with van der Waals surface area (Å²) in [6.07, 6.45) is 2.70. The molecule has 0 amide bonds. The van der Waals surface area contributed by atoms with Crippen molar-refractivity contribution in [1.82, 2.24) is 15.1 Å². The molecule has 4 nitrogen and oxygen atoms in total. The lowest BCUT2D eigenvalue weighted by Crippen LogP contribution is -2.27. The second-order valence-electron chi connectivity index (χ2n) is 4.04. The third-order valence-corrected chi connectivity index (χ3v) is 3.99. The first-order chi connectivity index (χ1) is 7.54. The summed E-state index contributed by atoms with van der Waals surface area (Å²) in [5.74, 6) is 0. The van der Waals surface area contributed by atoms with E-state index in [2.05, 4.69) is 23.4 Å². The van der Waals surface area contributed by atoms with Crippen LogP contribution in [0.15, 0.2) is 6.07 Å². The molecule has 1 rings (SSSR count). The van der Waals surface area contributed by atoms with E-state index in [1.54, 1.807) is 6.26 Å². The predicted octanol–water partition coefficient (Wildman–Crippen LogP) is 0.839. The molecule has 2 atom stereocenters. The third-order valence-electron chi connectivity index (χ3n) is 2.69. The second-order valence-corrected chi connectivity index (χ2v) is 5.85. The summed E-state index contributed by atoms with van der Waals surface area (Å²) < 4.78 is 13.1. The van der Waals surface area contributed by atoms with Crippen molar-refractivity contribution in [1.29, 1.82) is 0 Å². The molecule has 0 aliphatic carbocycles. The first kappa shape index (κ1) is 13.4. The minimum Gasteiger partial charge on any atom is -0.310 e. The second kappa shape index (κ2) is 6.15. The van der Waals surface area contributed by atoms with E-state index < -0.39 is 10.8 Å². The summed E-state index contributed by atoms with van der Waals surface area (Å²) in [5, 5.41) is 7.88. The molecule has 16 heavy (non-hydrogen) atoms. The van der Waals surface area contributed by atoms with Gasteiger partial charge in [-0.1, -0.05) is 6.92 Å². The largest absolute Gasteiger partial charge is 0.310 e. The van der Waals surface area contributed by atoms with Crippen molar-refractivity contribution in [2.24, 2.45) is 7.05 Å². The van der Waals surface area contributed by atoms with Crippen LogP contribution in [-0.2, 0) is 30.8 Å². The molecule has 0 spiro atoms. The molecule has 0 aliphatic rings. The standard InChI is InChI=1S/C11H21N3OS/c1-5-10-6-11(14(3)13-10)8-12-7-9(2)16(4)15/h6,9,12H,5,7-8H2,1-4H3. The van der Waals surface area contributed by atoms with Crippen LogP contribution in [0.1, 0.15) is 25.2 Å². The zero-order chi connectivity index (χ0) is 12.1. The molecule has 0 saturated heterocycles. The van der Waals surface area contributed by atoms with E-state index in [9.17, 15) is 4.21 Å². The molecule has 0 aliphatic heterocycles. The Morgan fingerprint density at radius 3 is 2.81 bits per heavy atom. The van der Waals surface area contributed by atoms with E-state index in [1.165, 1.54) is 5.69 Å². The van der Waals surface area contributed by atoms with Gasteiger partial charge in [-0.25, -0.2) is 0 Å². The average Bonchev–Trinajstić information content (AvgIpc) is 2.59. The summed E-state index contributed by atoms with van der Waals surface area (Å²) in [6.45, 7) is 5.65. The van der Waals surface area contributed by atoms with Gasteiger partial charge < -0.3 is 5.32 Å². The molecule has 0 fully saturated rings. The van der Waals surface area contributed by atoms with Gasteiger partial charge >= 0.3 is 0 Å². The average molecular weight is 243 g/mol. The molecule has 92 valence electrons. The van der Waals surface area contributed by atoms with Crippen LogP contribution in [0.25, 0.3) is 0 Å². The maximum Gasteiger partial charge on any atom is 0.0625 e. The van der Waals surface area contributed by atoms with E-state index >= 15 is 0 Å². The van der Waals surface area contributed by atoms with Gasteiger partial charge in [0, 0.05) is 42.4 Å². The fraction of sp³-hybridized carbons (Fsp3) is 0.727. The van der Waals surface area contributed by atoms with Crippen LogP contribution in [0.2, 0.25) is 0 Å². The van der Waals surface area contributed by atoms with Crippen molar-refractivity contribution < 1.29 is 4.21 Å². The van der Waals surface area contributed by atoms with E-state index in [-0.39, 0.29) is 5.25 Å². The highest BCUT2D eigenvalue weighted by Crippen LogP contribution is 2.03. The highest BCUT2D eigenvalue weighted by Gasteiger charge is 2.07. The van der Waals surface area contributed by atoms with Crippen LogP contribution in [0.3, 0.4) is 0 Å². The third kappa shape index (κ3) is 3.72. The van der Waals surface area contributed by atoms with Crippen molar-refractivity contribution in [2.75, 3.05) is 12.8 Å². The van der Waals surface area contributed by atoms with Crippen LogP contribution < -0.4 is 5.32 Å².